The molecule has 168 valence electrons. The van der Waals surface area contributed by atoms with Gasteiger partial charge in [-0.15, -0.1) is 11.8 Å². The fourth-order valence-corrected chi connectivity index (χ4v) is 4.68. The van der Waals surface area contributed by atoms with Crippen molar-refractivity contribution in [3.8, 4) is 0 Å². The molecule has 0 spiro atoms. The molecule has 0 saturated heterocycles. The SMILES string of the molecule is CC[C@H]1CN(C(=O)c2cccc(Cl)c2)c2ccc(C(O)(C(F)(F)F)C(F)(F)F)cc2S1. The van der Waals surface area contributed by atoms with Crippen LogP contribution in [0, 0.1) is 0 Å². The lowest BCUT2D eigenvalue weighted by molar-refractivity contribution is -0.376. The third-order valence-electron chi connectivity index (χ3n) is 4.94. The molecule has 1 atom stereocenters. The second kappa shape index (κ2) is 8.22. The van der Waals surface area contributed by atoms with Crippen LogP contribution in [-0.2, 0) is 5.60 Å². The molecule has 0 aromatic heterocycles. The van der Waals surface area contributed by atoms with E-state index in [0.717, 1.165) is 17.8 Å². The zero-order valence-corrected chi connectivity index (χ0v) is 17.5. The Kier molecular flexibility index (Phi) is 6.29. The van der Waals surface area contributed by atoms with Crippen LogP contribution in [0.4, 0.5) is 32.0 Å². The minimum absolute atomic E-state index is 0.0397. The first-order chi connectivity index (χ1) is 14.3. The second-order valence-corrected chi connectivity index (χ2v) is 8.74. The molecule has 0 aliphatic carbocycles. The number of hydrogen-bond acceptors (Lipinski definition) is 3. The molecule has 1 amide bonds. The van der Waals surface area contributed by atoms with Crippen molar-refractivity contribution in [1.29, 1.82) is 0 Å². The van der Waals surface area contributed by atoms with E-state index >= 15 is 0 Å². The van der Waals surface area contributed by atoms with Crippen LogP contribution in [0.1, 0.15) is 29.3 Å². The van der Waals surface area contributed by atoms with Gasteiger partial charge in [-0.2, -0.15) is 26.3 Å². The Hall–Kier alpha value is -1.91. The van der Waals surface area contributed by atoms with Crippen molar-refractivity contribution in [3.63, 3.8) is 0 Å². The summed E-state index contributed by atoms with van der Waals surface area (Å²) < 4.78 is 79.6. The highest BCUT2D eigenvalue weighted by molar-refractivity contribution is 8.00. The number of anilines is 1. The highest BCUT2D eigenvalue weighted by Crippen LogP contribution is 2.52. The number of hydrogen-bond donors (Lipinski definition) is 1. The Morgan fingerprint density at radius 2 is 1.77 bits per heavy atom. The van der Waals surface area contributed by atoms with Gasteiger partial charge in [-0.25, -0.2) is 0 Å². The van der Waals surface area contributed by atoms with E-state index in [1.54, 1.807) is 19.1 Å². The minimum Gasteiger partial charge on any atom is -0.369 e. The summed E-state index contributed by atoms with van der Waals surface area (Å²) in [6.07, 6.45) is -11.5. The summed E-state index contributed by atoms with van der Waals surface area (Å²) in [4.78, 5) is 14.4. The van der Waals surface area contributed by atoms with Crippen LogP contribution in [0.2, 0.25) is 5.02 Å². The molecule has 3 rings (SSSR count). The normalized spacial score (nSPS) is 17.5. The first kappa shape index (κ1) is 23.7. The second-order valence-electron chi connectivity index (χ2n) is 6.96. The molecule has 0 unspecified atom stereocenters. The molecule has 0 saturated carbocycles. The average Bonchev–Trinajstić information content (AvgIpc) is 2.69. The standard InChI is InChI=1S/C20H16ClF6NO2S/c1-2-14-10-28(17(29)11-4-3-5-13(21)8-11)15-7-6-12(9-16(15)31-14)18(30,19(22,23)24)20(25,26)27/h3-9,14,30H,2,10H2,1H3/t14-/m0/s1. The van der Waals surface area contributed by atoms with Gasteiger partial charge in [0.2, 0.25) is 0 Å². The van der Waals surface area contributed by atoms with Crippen LogP contribution in [0.3, 0.4) is 0 Å². The maximum atomic E-state index is 13.3. The molecule has 11 heteroatoms. The lowest BCUT2D eigenvalue weighted by Crippen LogP contribution is -2.54. The number of alkyl halides is 6. The molecular weight excluding hydrogens is 468 g/mol. The summed E-state index contributed by atoms with van der Waals surface area (Å²) in [6, 6.07) is 8.25. The van der Waals surface area contributed by atoms with Crippen LogP contribution >= 0.6 is 23.4 Å². The summed E-state index contributed by atoms with van der Waals surface area (Å²) in [5.74, 6) is -0.489. The van der Waals surface area contributed by atoms with Gasteiger partial charge in [-0.05, 0) is 36.8 Å². The lowest BCUT2D eigenvalue weighted by atomic mass is 9.92. The molecule has 0 fully saturated rings. The third kappa shape index (κ3) is 4.25. The molecular formula is C20H16ClF6NO2S. The summed E-state index contributed by atoms with van der Waals surface area (Å²) in [7, 11) is 0. The highest BCUT2D eigenvalue weighted by atomic mass is 35.5. The molecule has 0 radical (unpaired) electrons. The Bertz CT molecular complexity index is 980. The molecule has 1 N–H and O–H groups in total. The van der Waals surface area contributed by atoms with Crippen molar-refractivity contribution >= 4 is 35.0 Å². The van der Waals surface area contributed by atoms with Gasteiger partial charge in [-0.1, -0.05) is 30.7 Å². The maximum absolute atomic E-state index is 13.3. The molecule has 0 bridgehead atoms. The predicted molar refractivity (Wildman–Crippen MR) is 106 cm³/mol. The van der Waals surface area contributed by atoms with E-state index in [9.17, 15) is 36.2 Å². The Morgan fingerprint density at radius 3 is 2.32 bits per heavy atom. The monoisotopic (exact) mass is 483 g/mol. The van der Waals surface area contributed by atoms with Crippen molar-refractivity contribution in [2.45, 2.75) is 41.4 Å². The van der Waals surface area contributed by atoms with E-state index in [1.165, 1.54) is 17.0 Å². The molecule has 1 heterocycles. The number of rotatable bonds is 3. The van der Waals surface area contributed by atoms with E-state index in [2.05, 4.69) is 0 Å². The first-order valence-electron chi connectivity index (χ1n) is 9.04. The summed E-state index contributed by atoms with van der Waals surface area (Å²) in [6.45, 7) is 2.00. The molecule has 1 aliphatic rings. The summed E-state index contributed by atoms with van der Waals surface area (Å²) >= 11 is 6.99. The minimum atomic E-state index is -5.99. The van der Waals surface area contributed by atoms with Crippen LogP contribution < -0.4 is 4.90 Å². The van der Waals surface area contributed by atoms with Gasteiger partial charge in [0.15, 0.2) is 0 Å². The molecule has 2 aromatic carbocycles. The smallest absolute Gasteiger partial charge is 0.369 e. The van der Waals surface area contributed by atoms with E-state index < -0.39 is 29.4 Å². The van der Waals surface area contributed by atoms with Gasteiger partial charge in [0, 0.05) is 32.8 Å². The zero-order valence-electron chi connectivity index (χ0n) is 15.9. The quantitative estimate of drug-likeness (QED) is 0.530. The number of carbonyl (C=O) groups is 1. The number of benzene rings is 2. The zero-order chi connectivity index (χ0) is 23.2. The Labute approximate surface area is 183 Å². The van der Waals surface area contributed by atoms with Gasteiger partial charge >= 0.3 is 12.4 Å². The number of amides is 1. The first-order valence-corrected chi connectivity index (χ1v) is 10.3. The summed E-state index contributed by atoms with van der Waals surface area (Å²) in [5, 5.41) is 9.75. The van der Waals surface area contributed by atoms with E-state index in [-0.39, 0.29) is 27.9 Å². The molecule has 1 aliphatic heterocycles. The van der Waals surface area contributed by atoms with Crippen molar-refractivity contribution in [2.24, 2.45) is 0 Å². The van der Waals surface area contributed by atoms with Gasteiger partial charge in [0.25, 0.3) is 11.5 Å². The maximum Gasteiger partial charge on any atom is 0.430 e. The van der Waals surface area contributed by atoms with Gasteiger partial charge in [-0.3, -0.25) is 4.79 Å². The molecule has 31 heavy (non-hydrogen) atoms. The van der Waals surface area contributed by atoms with Gasteiger partial charge in [0.05, 0.1) is 5.69 Å². The predicted octanol–water partition coefficient (Wildman–Crippen LogP) is 6.18. The average molecular weight is 484 g/mol. The fourth-order valence-electron chi connectivity index (χ4n) is 3.25. The van der Waals surface area contributed by atoms with Crippen LogP contribution in [0.5, 0.6) is 0 Å². The number of nitrogens with zero attached hydrogens (tertiary/aromatic N) is 1. The molecule has 2 aromatic rings. The van der Waals surface area contributed by atoms with Crippen molar-refractivity contribution in [3.05, 3.63) is 58.6 Å². The highest BCUT2D eigenvalue weighted by Gasteiger charge is 2.71. The Balaban J connectivity index is 2.11. The van der Waals surface area contributed by atoms with E-state index in [4.69, 9.17) is 11.6 Å². The number of fused-ring (bicyclic) bond motifs is 1. The number of thioether (sulfide) groups is 1. The van der Waals surface area contributed by atoms with Crippen LogP contribution in [0.25, 0.3) is 0 Å². The fraction of sp³-hybridized carbons (Fsp3) is 0.350. The number of aliphatic hydroxyl groups is 1. The van der Waals surface area contributed by atoms with Crippen molar-refractivity contribution in [2.75, 3.05) is 11.4 Å². The van der Waals surface area contributed by atoms with Crippen molar-refractivity contribution < 1.29 is 36.2 Å². The third-order valence-corrected chi connectivity index (χ3v) is 6.57. The summed E-state index contributed by atoms with van der Waals surface area (Å²) in [5.41, 5.74) is -6.00. The lowest BCUT2D eigenvalue weighted by Gasteiger charge is -2.36. The number of carbonyl (C=O) groups excluding carboxylic acids is 1. The number of halogens is 7. The van der Waals surface area contributed by atoms with E-state index in [0.29, 0.717) is 23.6 Å². The van der Waals surface area contributed by atoms with Crippen molar-refractivity contribution in [1.82, 2.24) is 0 Å². The van der Waals surface area contributed by atoms with Crippen LogP contribution in [0.15, 0.2) is 47.4 Å². The topological polar surface area (TPSA) is 40.5 Å². The van der Waals surface area contributed by atoms with E-state index in [1.807, 2.05) is 0 Å². The molecule has 3 nitrogen and oxygen atoms in total. The van der Waals surface area contributed by atoms with Crippen LogP contribution in [-0.4, -0.2) is 35.2 Å². The van der Waals surface area contributed by atoms with Gasteiger partial charge < -0.3 is 10.0 Å². The van der Waals surface area contributed by atoms with Gasteiger partial charge in [0.1, 0.15) is 0 Å². The largest absolute Gasteiger partial charge is 0.430 e. The Morgan fingerprint density at radius 1 is 1.13 bits per heavy atom.